The average molecular weight is 423 g/mol. The standard InChI is InChI=1S/C22H25N5O4/c1-23-20-17-21(27(13-24-17)22-19(30)18(29)15(12-28)31-22)26-16(25-20)11-7-3-6-10-14-8-4-2-5-9-14/h2,4-5,8-9,13,15,18-19,22,28-30H,3,6,10,12H2,1H3,(H,23,25,26)/t15-,18-,19-,22-/m1/s1. The Hall–Kier alpha value is -3.03. The van der Waals surface area contributed by atoms with E-state index in [4.69, 9.17) is 4.74 Å². The molecular formula is C22H25N5O4. The smallest absolute Gasteiger partial charge is 0.208 e. The number of aryl methyl sites for hydroxylation is 1. The van der Waals surface area contributed by atoms with Gasteiger partial charge in [0.2, 0.25) is 5.82 Å². The van der Waals surface area contributed by atoms with Crippen molar-refractivity contribution in [2.75, 3.05) is 19.0 Å². The Bertz CT molecular complexity index is 1090. The first-order valence-electron chi connectivity index (χ1n) is 10.2. The highest BCUT2D eigenvalue weighted by Gasteiger charge is 2.44. The molecule has 31 heavy (non-hydrogen) atoms. The van der Waals surface area contributed by atoms with Gasteiger partial charge in [-0.25, -0.2) is 15.0 Å². The van der Waals surface area contributed by atoms with Gasteiger partial charge in [-0.1, -0.05) is 36.3 Å². The van der Waals surface area contributed by atoms with Gasteiger partial charge in [-0.3, -0.25) is 4.57 Å². The zero-order valence-corrected chi connectivity index (χ0v) is 17.1. The van der Waals surface area contributed by atoms with Crippen LogP contribution in [0.25, 0.3) is 11.2 Å². The molecule has 0 aliphatic carbocycles. The number of benzene rings is 1. The minimum atomic E-state index is -1.23. The normalized spacial score (nSPS) is 23.0. The van der Waals surface area contributed by atoms with Crippen molar-refractivity contribution in [1.82, 2.24) is 19.5 Å². The molecule has 4 rings (SSSR count). The van der Waals surface area contributed by atoms with Crippen molar-refractivity contribution in [3.63, 3.8) is 0 Å². The summed E-state index contributed by atoms with van der Waals surface area (Å²) in [4.78, 5) is 13.2. The van der Waals surface area contributed by atoms with E-state index < -0.39 is 31.1 Å². The maximum absolute atomic E-state index is 10.4. The largest absolute Gasteiger partial charge is 0.394 e. The van der Waals surface area contributed by atoms with Crippen LogP contribution in [0.4, 0.5) is 5.82 Å². The number of aromatic nitrogens is 4. The Labute approximate surface area is 179 Å². The highest BCUT2D eigenvalue weighted by atomic mass is 16.6. The predicted molar refractivity (Wildman–Crippen MR) is 114 cm³/mol. The van der Waals surface area contributed by atoms with Gasteiger partial charge in [-0.2, -0.15) is 0 Å². The summed E-state index contributed by atoms with van der Waals surface area (Å²) >= 11 is 0. The molecule has 1 aromatic carbocycles. The van der Waals surface area contributed by atoms with Crippen LogP contribution < -0.4 is 5.32 Å². The first-order valence-corrected chi connectivity index (χ1v) is 10.2. The number of rotatable bonds is 6. The molecule has 1 aliphatic rings. The Balaban J connectivity index is 1.55. The molecule has 0 radical (unpaired) electrons. The van der Waals surface area contributed by atoms with Gasteiger partial charge in [-0.15, -0.1) is 0 Å². The van der Waals surface area contributed by atoms with E-state index in [0.29, 0.717) is 29.2 Å². The minimum absolute atomic E-state index is 0.324. The number of anilines is 1. The molecule has 0 bridgehead atoms. The summed E-state index contributed by atoms with van der Waals surface area (Å²) in [5.74, 6) is 6.94. The minimum Gasteiger partial charge on any atom is -0.394 e. The number of fused-ring (bicyclic) bond motifs is 1. The number of ether oxygens (including phenoxy) is 1. The SMILES string of the molecule is CNc1nc(C#CCCCc2ccccc2)nc2c1ncn2[C@@H]1O[C@H](CO)[C@@H](O)[C@H]1O. The van der Waals surface area contributed by atoms with Gasteiger partial charge in [0.1, 0.15) is 18.3 Å². The summed E-state index contributed by atoms with van der Waals surface area (Å²) in [5.41, 5.74) is 2.19. The Morgan fingerprint density at radius 3 is 2.68 bits per heavy atom. The molecule has 0 unspecified atom stereocenters. The van der Waals surface area contributed by atoms with E-state index in [1.54, 1.807) is 7.05 Å². The molecule has 0 saturated carbocycles. The summed E-state index contributed by atoms with van der Waals surface area (Å²) in [6.45, 7) is -0.405. The lowest BCUT2D eigenvalue weighted by Crippen LogP contribution is -2.33. The number of nitrogens with zero attached hydrogens (tertiary/aromatic N) is 4. The van der Waals surface area contributed by atoms with Crippen molar-refractivity contribution in [3.8, 4) is 11.8 Å². The highest BCUT2D eigenvalue weighted by molar-refractivity contribution is 5.83. The maximum atomic E-state index is 10.4. The third-order valence-electron chi connectivity index (χ3n) is 5.26. The first kappa shape index (κ1) is 21.2. The van der Waals surface area contributed by atoms with Gasteiger partial charge in [0, 0.05) is 13.5 Å². The van der Waals surface area contributed by atoms with E-state index in [0.717, 1.165) is 12.8 Å². The Morgan fingerprint density at radius 1 is 1.16 bits per heavy atom. The summed E-state index contributed by atoms with van der Waals surface area (Å²) in [6.07, 6.45) is -0.183. The fourth-order valence-corrected chi connectivity index (χ4v) is 3.61. The third kappa shape index (κ3) is 4.38. The molecule has 9 heteroatoms. The second kappa shape index (κ2) is 9.41. The summed E-state index contributed by atoms with van der Waals surface area (Å²) in [7, 11) is 1.73. The number of aliphatic hydroxyl groups is 3. The van der Waals surface area contributed by atoms with Crippen LogP contribution in [-0.2, 0) is 11.2 Å². The van der Waals surface area contributed by atoms with Gasteiger partial charge in [0.25, 0.3) is 0 Å². The lowest BCUT2D eigenvalue weighted by molar-refractivity contribution is -0.0511. The number of aliphatic hydroxyl groups excluding tert-OH is 3. The van der Waals surface area contributed by atoms with E-state index in [9.17, 15) is 15.3 Å². The van der Waals surface area contributed by atoms with Crippen LogP contribution >= 0.6 is 0 Å². The number of unbranched alkanes of at least 4 members (excludes halogenated alkanes) is 1. The van der Waals surface area contributed by atoms with Crippen molar-refractivity contribution in [2.45, 2.75) is 43.8 Å². The third-order valence-corrected chi connectivity index (χ3v) is 5.26. The van der Waals surface area contributed by atoms with Crippen molar-refractivity contribution >= 4 is 17.0 Å². The van der Waals surface area contributed by atoms with E-state index in [2.05, 4.69) is 44.2 Å². The highest BCUT2D eigenvalue weighted by Crippen LogP contribution is 2.32. The van der Waals surface area contributed by atoms with Gasteiger partial charge >= 0.3 is 0 Å². The molecule has 1 saturated heterocycles. The van der Waals surface area contributed by atoms with Crippen LogP contribution in [0.1, 0.15) is 30.5 Å². The monoisotopic (exact) mass is 423 g/mol. The van der Waals surface area contributed by atoms with Gasteiger partial charge in [0.15, 0.2) is 23.2 Å². The number of hydrogen-bond acceptors (Lipinski definition) is 8. The predicted octanol–water partition coefficient (Wildman–Crippen LogP) is 0.854. The van der Waals surface area contributed by atoms with Crippen LogP contribution in [0.5, 0.6) is 0 Å². The van der Waals surface area contributed by atoms with Crippen molar-refractivity contribution in [3.05, 3.63) is 48.0 Å². The molecule has 3 aromatic rings. The van der Waals surface area contributed by atoms with E-state index in [1.807, 2.05) is 18.2 Å². The molecule has 4 N–H and O–H groups in total. The number of hydrogen-bond donors (Lipinski definition) is 4. The van der Waals surface area contributed by atoms with Crippen molar-refractivity contribution < 1.29 is 20.1 Å². The molecule has 162 valence electrons. The molecule has 3 heterocycles. The summed E-state index contributed by atoms with van der Waals surface area (Å²) in [5, 5.41) is 32.8. The lowest BCUT2D eigenvalue weighted by Gasteiger charge is -2.16. The number of nitrogens with one attached hydrogen (secondary N) is 1. The molecule has 2 aromatic heterocycles. The zero-order chi connectivity index (χ0) is 21.8. The fourth-order valence-electron chi connectivity index (χ4n) is 3.61. The topological polar surface area (TPSA) is 126 Å². The fraction of sp³-hybridized carbons (Fsp3) is 0.409. The van der Waals surface area contributed by atoms with E-state index in [1.165, 1.54) is 16.5 Å². The Morgan fingerprint density at radius 2 is 1.97 bits per heavy atom. The van der Waals surface area contributed by atoms with Crippen LogP contribution in [-0.4, -0.2) is 66.8 Å². The van der Waals surface area contributed by atoms with Gasteiger partial charge in [-0.05, 0) is 24.3 Å². The van der Waals surface area contributed by atoms with Gasteiger partial charge < -0.3 is 25.4 Å². The molecule has 4 atom stereocenters. The van der Waals surface area contributed by atoms with Gasteiger partial charge in [0.05, 0.1) is 12.9 Å². The van der Waals surface area contributed by atoms with Crippen LogP contribution in [0.15, 0.2) is 36.7 Å². The molecule has 1 fully saturated rings. The van der Waals surface area contributed by atoms with Crippen molar-refractivity contribution in [1.29, 1.82) is 0 Å². The second-order valence-corrected chi connectivity index (χ2v) is 7.34. The Kier molecular flexibility index (Phi) is 6.44. The summed E-state index contributed by atoms with van der Waals surface area (Å²) < 4.78 is 7.14. The zero-order valence-electron chi connectivity index (χ0n) is 17.1. The second-order valence-electron chi connectivity index (χ2n) is 7.34. The molecule has 1 aliphatic heterocycles. The van der Waals surface area contributed by atoms with Crippen LogP contribution in [0.3, 0.4) is 0 Å². The lowest BCUT2D eigenvalue weighted by atomic mass is 10.1. The van der Waals surface area contributed by atoms with E-state index in [-0.39, 0.29) is 0 Å². The molecule has 0 spiro atoms. The molecular weight excluding hydrogens is 398 g/mol. The first-order chi connectivity index (χ1) is 15.1. The average Bonchev–Trinajstić information content (AvgIpc) is 3.34. The molecule has 0 amide bonds. The maximum Gasteiger partial charge on any atom is 0.208 e. The molecule has 9 nitrogen and oxygen atoms in total. The quantitative estimate of drug-likeness (QED) is 0.340. The van der Waals surface area contributed by atoms with Crippen LogP contribution in [0.2, 0.25) is 0 Å². The van der Waals surface area contributed by atoms with E-state index >= 15 is 0 Å². The van der Waals surface area contributed by atoms with Crippen LogP contribution in [0, 0.1) is 11.8 Å². The number of imidazole rings is 1. The summed E-state index contributed by atoms with van der Waals surface area (Å²) in [6, 6.07) is 10.3. The van der Waals surface area contributed by atoms with Crippen molar-refractivity contribution in [2.24, 2.45) is 0 Å².